The molecule has 0 N–H and O–H groups in total. The number of furan rings is 1. The van der Waals surface area contributed by atoms with Crippen LogP contribution < -0.4 is 0 Å². The lowest BCUT2D eigenvalue weighted by Gasteiger charge is -2.13. The van der Waals surface area contributed by atoms with Crippen LogP contribution in [0.4, 0.5) is 0 Å². The molecule has 0 amide bonds. The molecule has 0 fully saturated rings. The van der Waals surface area contributed by atoms with E-state index < -0.39 is 0 Å². The summed E-state index contributed by atoms with van der Waals surface area (Å²) in [5.41, 5.74) is 7.53. The summed E-state index contributed by atoms with van der Waals surface area (Å²) in [4.78, 5) is 10.2. The second-order valence-corrected chi connectivity index (χ2v) is 10.6. The van der Waals surface area contributed by atoms with Crippen molar-refractivity contribution in [1.82, 2.24) is 9.97 Å². The molecular formula is C38H22N2O. The van der Waals surface area contributed by atoms with E-state index in [0.29, 0.717) is 0 Å². The van der Waals surface area contributed by atoms with Crippen molar-refractivity contribution >= 4 is 65.3 Å². The summed E-state index contributed by atoms with van der Waals surface area (Å²) in [5.74, 6) is 0. The average molecular weight is 523 g/mol. The van der Waals surface area contributed by atoms with Crippen molar-refractivity contribution in [3.05, 3.63) is 133 Å². The predicted molar refractivity (Wildman–Crippen MR) is 170 cm³/mol. The number of benzene rings is 7. The van der Waals surface area contributed by atoms with Crippen molar-refractivity contribution in [3.8, 4) is 22.5 Å². The molecular weight excluding hydrogens is 500 g/mol. The van der Waals surface area contributed by atoms with Crippen LogP contribution in [0.5, 0.6) is 0 Å². The van der Waals surface area contributed by atoms with Gasteiger partial charge in [-0.25, -0.2) is 9.97 Å². The lowest BCUT2D eigenvalue weighted by Crippen LogP contribution is -1.95. The van der Waals surface area contributed by atoms with E-state index in [1.54, 1.807) is 0 Å². The standard InChI is InChI=1S/C38H22N2O/c1-2-8-24(9-3-1)36-37(40-33-12-6-5-11-32(33)39-36)26-17-18-27-25(22-26)15-14-23-16-19-31-29(35(23)27)20-21-30-28-10-4-7-13-34(28)41-38(30)31/h1-22H. The third-order valence-electron chi connectivity index (χ3n) is 8.23. The maximum Gasteiger partial charge on any atom is 0.143 e. The number of nitrogens with zero attached hydrogens (tertiary/aromatic N) is 2. The van der Waals surface area contributed by atoms with Gasteiger partial charge in [0.25, 0.3) is 0 Å². The fraction of sp³-hybridized carbons (Fsp3) is 0. The minimum atomic E-state index is 0.888. The van der Waals surface area contributed by atoms with Crippen LogP contribution >= 0.6 is 0 Å². The van der Waals surface area contributed by atoms with Gasteiger partial charge in [0.15, 0.2) is 0 Å². The van der Waals surface area contributed by atoms with Gasteiger partial charge in [0.1, 0.15) is 11.2 Å². The highest BCUT2D eigenvalue weighted by molar-refractivity contribution is 6.26. The molecule has 3 heteroatoms. The van der Waals surface area contributed by atoms with E-state index in [4.69, 9.17) is 14.4 Å². The molecule has 0 bridgehead atoms. The van der Waals surface area contributed by atoms with Gasteiger partial charge in [0.2, 0.25) is 0 Å². The monoisotopic (exact) mass is 522 g/mol. The summed E-state index contributed by atoms with van der Waals surface area (Å²) in [6, 6.07) is 46.6. The van der Waals surface area contributed by atoms with Crippen LogP contribution in [0.1, 0.15) is 0 Å². The van der Waals surface area contributed by atoms with Gasteiger partial charge in [-0.3, -0.25) is 0 Å². The van der Waals surface area contributed by atoms with Gasteiger partial charge in [-0.2, -0.15) is 0 Å². The van der Waals surface area contributed by atoms with E-state index in [1.807, 2.05) is 54.6 Å². The Bertz CT molecular complexity index is 2470. The Morgan fingerprint density at radius 2 is 1.02 bits per heavy atom. The van der Waals surface area contributed by atoms with Crippen molar-refractivity contribution in [2.24, 2.45) is 0 Å². The first-order valence-electron chi connectivity index (χ1n) is 13.8. The van der Waals surface area contributed by atoms with Gasteiger partial charge in [-0.15, -0.1) is 0 Å². The van der Waals surface area contributed by atoms with Crippen molar-refractivity contribution < 1.29 is 4.42 Å². The third-order valence-corrected chi connectivity index (χ3v) is 8.23. The summed E-state index contributed by atoms with van der Waals surface area (Å²) in [5, 5.41) is 9.46. The minimum absolute atomic E-state index is 0.888. The van der Waals surface area contributed by atoms with Crippen molar-refractivity contribution in [2.45, 2.75) is 0 Å². The van der Waals surface area contributed by atoms with Crippen LogP contribution in [0.2, 0.25) is 0 Å². The van der Waals surface area contributed by atoms with Gasteiger partial charge in [-0.1, -0.05) is 97.1 Å². The van der Waals surface area contributed by atoms with Crippen molar-refractivity contribution in [1.29, 1.82) is 0 Å². The molecule has 0 aliphatic heterocycles. The van der Waals surface area contributed by atoms with Gasteiger partial charge in [0.05, 0.1) is 22.4 Å². The molecule has 0 radical (unpaired) electrons. The minimum Gasteiger partial charge on any atom is -0.455 e. The molecule has 3 nitrogen and oxygen atoms in total. The van der Waals surface area contributed by atoms with Gasteiger partial charge in [-0.05, 0) is 63.3 Å². The Hall–Kier alpha value is -5.54. The molecule has 0 saturated carbocycles. The van der Waals surface area contributed by atoms with Crippen LogP contribution in [0.3, 0.4) is 0 Å². The topological polar surface area (TPSA) is 38.9 Å². The molecule has 190 valence electrons. The highest BCUT2D eigenvalue weighted by Gasteiger charge is 2.16. The van der Waals surface area contributed by atoms with Crippen LogP contribution in [0.15, 0.2) is 138 Å². The van der Waals surface area contributed by atoms with E-state index in [0.717, 1.165) is 60.9 Å². The maximum atomic E-state index is 6.38. The Kier molecular flexibility index (Phi) is 4.61. The predicted octanol–water partition coefficient (Wildman–Crippen LogP) is 10.3. The molecule has 9 rings (SSSR count). The molecule has 0 spiro atoms. The number of aromatic nitrogens is 2. The molecule has 41 heavy (non-hydrogen) atoms. The first kappa shape index (κ1) is 22.3. The Morgan fingerprint density at radius 1 is 0.415 bits per heavy atom. The zero-order valence-electron chi connectivity index (χ0n) is 22.0. The van der Waals surface area contributed by atoms with Gasteiger partial charge in [0, 0.05) is 27.3 Å². The van der Waals surface area contributed by atoms with Crippen molar-refractivity contribution in [2.75, 3.05) is 0 Å². The summed E-state index contributed by atoms with van der Waals surface area (Å²) in [7, 11) is 0. The molecule has 0 unspecified atom stereocenters. The Labute approximate surface area is 235 Å². The Morgan fingerprint density at radius 3 is 1.88 bits per heavy atom. The largest absolute Gasteiger partial charge is 0.455 e. The fourth-order valence-electron chi connectivity index (χ4n) is 6.30. The van der Waals surface area contributed by atoms with E-state index in [1.165, 1.54) is 26.9 Å². The smallest absolute Gasteiger partial charge is 0.143 e. The molecule has 7 aromatic carbocycles. The highest BCUT2D eigenvalue weighted by Crippen LogP contribution is 2.40. The van der Waals surface area contributed by atoms with Crippen molar-refractivity contribution in [3.63, 3.8) is 0 Å². The first-order chi connectivity index (χ1) is 20.3. The number of rotatable bonds is 2. The lowest BCUT2D eigenvalue weighted by molar-refractivity contribution is 0.672. The van der Waals surface area contributed by atoms with E-state index in [2.05, 4.69) is 78.9 Å². The Balaban J connectivity index is 1.31. The third kappa shape index (κ3) is 3.33. The average Bonchev–Trinajstić information content (AvgIpc) is 3.43. The quantitative estimate of drug-likeness (QED) is 0.212. The molecule has 9 aromatic rings. The zero-order valence-corrected chi connectivity index (χ0v) is 22.0. The van der Waals surface area contributed by atoms with Gasteiger partial charge < -0.3 is 4.42 Å². The molecule has 0 aliphatic rings. The summed E-state index contributed by atoms with van der Waals surface area (Å²) < 4.78 is 6.38. The summed E-state index contributed by atoms with van der Waals surface area (Å²) in [6.45, 7) is 0. The van der Waals surface area contributed by atoms with E-state index in [-0.39, 0.29) is 0 Å². The van der Waals surface area contributed by atoms with Crippen LogP contribution in [0.25, 0.3) is 87.8 Å². The molecule has 0 atom stereocenters. The van der Waals surface area contributed by atoms with Crippen LogP contribution in [-0.2, 0) is 0 Å². The number of hydrogen-bond acceptors (Lipinski definition) is 3. The maximum absolute atomic E-state index is 6.38. The van der Waals surface area contributed by atoms with E-state index >= 15 is 0 Å². The highest BCUT2D eigenvalue weighted by atomic mass is 16.3. The lowest BCUT2D eigenvalue weighted by atomic mass is 9.93. The number of hydrogen-bond donors (Lipinski definition) is 0. The summed E-state index contributed by atoms with van der Waals surface area (Å²) in [6.07, 6.45) is 0. The second-order valence-electron chi connectivity index (χ2n) is 10.6. The zero-order chi connectivity index (χ0) is 26.9. The number of para-hydroxylation sites is 3. The molecule has 2 aromatic heterocycles. The number of fused-ring (bicyclic) bond motifs is 10. The molecule has 0 aliphatic carbocycles. The second kappa shape index (κ2) is 8.48. The van der Waals surface area contributed by atoms with Gasteiger partial charge >= 0.3 is 0 Å². The first-order valence-corrected chi connectivity index (χ1v) is 13.8. The molecule has 2 heterocycles. The van der Waals surface area contributed by atoms with Crippen LogP contribution in [-0.4, -0.2) is 9.97 Å². The van der Waals surface area contributed by atoms with E-state index in [9.17, 15) is 0 Å². The fourth-order valence-corrected chi connectivity index (χ4v) is 6.30. The van der Waals surface area contributed by atoms with Crippen LogP contribution in [0, 0.1) is 0 Å². The normalized spacial score (nSPS) is 11.9. The summed E-state index contributed by atoms with van der Waals surface area (Å²) >= 11 is 0. The SMILES string of the molecule is c1ccc(-c2nc3ccccc3nc2-c2ccc3c(ccc4ccc5c(ccc6c7ccccc7oc65)c43)c2)cc1. The molecule has 0 saturated heterocycles.